The standard InChI is InChI=1S/C17H25N5O/c1-12-15(13(2)20(4)19-12)7-8-18-17(23)22-11-10-21-9-5-6-16(21)14(22)3/h5-6,9,14H,7-8,10-11H2,1-4H3,(H,18,23)/t14-/m1/s1. The number of nitrogens with zero attached hydrogens (tertiary/aromatic N) is 4. The Hall–Kier alpha value is -2.24. The highest BCUT2D eigenvalue weighted by atomic mass is 16.2. The van der Waals surface area contributed by atoms with E-state index in [9.17, 15) is 4.79 Å². The maximum absolute atomic E-state index is 12.5. The molecule has 1 aliphatic heterocycles. The Morgan fingerprint density at radius 3 is 2.87 bits per heavy atom. The molecule has 6 nitrogen and oxygen atoms in total. The van der Waals surface area contributed by atoms with Crippen LogP contribution < -0.4 is 5.32 Å². The molecule has 0 fully saturated rings. The van der Waals surface area contributed by atoms with Gasteiger partial charge in [0, 0.05) is 44.3 Å². The number of aryl methyl sites for hydroxylation is 2. The maximum atomic E-state index is 12.5. The summed E-state index contributed by atoms with van der Waals surface area (Å²) < 4.78 is 4.12. The number of nitrogens with one attached hydrogen (secondary N) is 1. The Kier molecular flexibility index (Phi) is 4.15. The third kappa shape index (κ3) is 2.85. The second kappa shape index (κ2) is 6.10. The largest absolute Gasteiger partial charge is 0.348 e. The van der Waals surface area contributed by atoms with Crippen LogP contribution in [0, 0.1) is 13.8 Å². The molecule has 6 heteroatoms. The molecule has 3 rings (SSSR count). The Morgan fingerprint density at radius 1 is 1.39 bits per heavy atom. The first-order valence-corrected chi connectivity index (χ1v) is 8.17. The lowest BCUT2D eigenvalue weighted by atomic mass is 10.1. The zero-order valence-corrected chi connectivity index (χ0v) is 14.3. The van der Waals surface area contributed by atoms with Gasteiger partial charge in [-0.25, -0.2) is 4.79 Å². The molecule has 0 unspecified atom stereocenters. The summed E-state index contributed by atoms with van der Waals surface area (Å²) in [5.41, 5.74) is 4.64. The Morgan fingerprint density at radius 2 is 2.17 bits per heavy atom. The van der Waals surface area contributed by atoms with Gasteiger partial charge in [-0.15, -0.1) is 0 Å². The molecule has 1 N–H and O–H groups in total. The smallest absolute Gasteiger partial charge is 0.318 e. The van der Waals surface area contributed by atoms with Crippen molar-refractivity contribution in [3.05, 3.63) is 41.0 Å². The highest BCUT2D eigenvalue weighted by Crippen LogP contribution is 2.25. The third-order valence-electron chi connectivity index (χ3n) is 4.91. The lowest BCUT2D eigenvalue weighted by Crippen LogP contribution is -2.46. The zero-order valence-electron chi connectivity index (χ0n) is 14.3. The minimum absolute atomic E-state index is 0.0177. The molecule has 1 atom stereocenters. The summed E-state index contributed by atoms with van der Waals surface area (Å²) >= 11 is 0. The van der Waals surface area contributed by atoms with Gasteiger partial charge in [0.05, 0.1) is 11.7 Å². The first kappa shape index (κ1) is 15.6. The van der Waals surface area contributed by atoms with E-state index in [0.717, 1.165) is 25.2 Å². The van der Waals surface area contributed by atoms with Crippen molar-refractivity contribution >= 4 is 6.03 Å². The molecule has 23 heavy (non-hydrogen) atoms. The number of urea groups is 1. The quantitative estimate of drug-likeness (QED) is 0.944. The second-order valence-corrected chi connectivity index (χ2v) is 6.25. The fraction of sp³-hybridized carbons (Fsp3) is 0.529. The van der Waals surface area contributed by atoms with Gasteiger partial charge in [-0.05, 0) is 44.9 Å². The van der Waals surface area contributed by atoms with Crippen LogP contribution in [0.1, 0.15) is 35.6 Å². The van der Waals surface area contributed by atoms with Gasteiger partial charge >= 0.3 is 6.03 Å². The van der Waals surface area contributed by atoms with E-state index < -0.39 is 0 Å². The van der Waals surface area contributed by atoms with Crippen LogP contribution in [0.5, 0.6) is 0 Å². The average Bonchev–Trinajstić information content (AvgIpc) is 3.08. The van der Waals surface area contributed by atoms with E-state index >= 15 is 0 Å². The van der Waals surface area contributed by atoms with Crippen LogP contribution in [0.15, 0.2) is 18.3 Å². The molecule has 0 saturated carbocycles. The molecule has 0 bridgehead atoms. The van der Waals surface area contributed by atoms with Crippen LogP contribution in [0.4, 0.5) is 4.79 Å². The molecule has 2 aromatic rings. The maximum Gasteiger partial charge on any atom is 0.318 e. The van der Waals surface area contributed by atoms with Crippen LogP contribution in [-0.4, -0.2) is 38.4 Å². The van der Waals surface area contributed by atoms with Gasteiger partial charge in [0.1, 0.15) is 0 Å². The van der Waals surface area contributed by atoms with Gasteiger partial charge in [-0.2, -0.15) is 5.10 Å². The summed E-state index contributed by atoms with van der Waals surface area (Å²) in [6.45, 7) is 8.42. The number of carbonyl (C=O) groups is 1. The first-order valence-electron chi connectivity index (χ1n) is 8.17. The van der Waals surface area contributed by atoms with E-state index in [1.165, 1.54) is 17.0 Å². The average molecular weight is 315 g/mol. The van der Waals surface area contributed by atoms with Crippen molar-refractivity contribution in [2.45, 2.75) is 39.8 Å². The summed E-state index contributed by atoms with van der Waals surface area (Å²) in [4.78, 5) is 14.4. The number of carbonyl (C=O) groups excluding carboxylic acids is 1. The van der Waals surface area contributed by atoms with Crippen molar-refractivity contribution in [1.29, 1.82) is 0 Å². The molecule has 0 saturated heterocycles. The molecule has 2 aromatic heterocycles. The minimum Gasteiger partial charge on any atom is -0.348 e. The van der Waals surface area contributed by atoms with Gasteiger partial charge in [-0.1, -0.05) is 0 Å². The van der Waals surface area contributed by atoms with Crippen LogP contribution in [0.2, 0.25) is 0 Å². The normalized spacial score (nSPS) is 17.2. The van der Waals surface area contributed by atoms with E-state index in [0.29, 0.717) is 6.54 Å². The predicted molar refractivity (Wildman–Crippen MR) is 89.3 cm³/mol. The topological polar surface area (TPSA) is 55.1 Å². The number of amides is 2. The van der Waals surface area contributed by atoms with E-state index in [-0.39, 0.29) is 12.1 Å². The molecular formula is C17H25N5O. The molecule has 3 heterocycles. The lowest BCUT2D eigenvalue weighted by Gasteiger charge is -2.34. The molecule has 0 radical (unpaired) electrons. The van der Waals surface area contributed by atoms with Crippen molar-refractivity contribution < 1.29 is 4.79 Å². The first-order chi connectivity index (χ1) is 11.0. The third-order valence-corrected chi connectivity index (χ3v) is 4.91. The Labute approximate surface area is 137 Å². The monoisotopic (exact) mass is 315 g/mol. The Balaban J connectivity index is 1.58. The van der Waals surface area contributed by atoms with Crippen molar-refractivity contribution in [2.75, 3.05) is 13.1 Å². The summed E-state index contributed by atoms with van der Waals surface area (Å²) in [6.07, 6.45) is 2.89. The number of rotatable bonds is 3. The molecule has 0 aliphatic carbocycles. The van der Waals surface area contributed by atoms with Crippen molar-refractivity contribution in [3.63, 3.8) is 0 Å². The van der Waals surface area contributed by atoms with Crippen molar-refractivity contribution in [1.82, 2.24) is 24.6 Å². The fourth-order valence-electron chi connectivity index (χ4n) is 3.43. The number of hydrogen-bond donors (Lipinski definition) is 1. The van der Waals surface area contributed by atoms with E-state index in [1.54, 1.807) is 0 Å². The lowest BCUT2D eigenvalue weighted by molar-refractivity contribution is 0.162. The highest BCUT2D eigenvalue weighted by Gasteiger charge is 2.27. The van der Waals surface area contributed by atoms with Gasteiger partial charge in [0.2, 0.25) is 0 Å². The van der Waals surface area contributed by atoms with E-state index in [4.69, 9.17) is 0 Å². The van der Waals surface area contributed by atoms with Gasteiger partial charge in [-0.3, -0.25) is 4.68 Å². The molecule has 2 amide bonds. The summed E-state index contributed by atoms with van der Waals surface area (Å²) in [7, 11) is 1.95. The van der Waals surface area contributed by atoms with Crippen LogP contribution in [-0.2, 0) is 20.0 Å². The van der Waals surface area contributed by atoms with Crippen molar-refractivity contribution in [3.8, 4) is 0 Å². The van der Waals surface area contributed by atoms with Gasteiger partial charge < -0.3 is 14.8 Å². The van der Waals surface area contributed by atoms with Crippen LogP contribution >= 0.6 is 0 Å². The molecule has 124 valence electrons. The van der Waals surface area contributed by atoms with E-state index in [2.05, 4.69) is 41.1 Å². The van der Waals surface area contributed by atoms with Crippen LogP contribution in [0.25, 0.3) is 0 Å². The summed E-state index contributed by atoms with van der Waals surface area (Å²) in [5.74, 6) is 0. The molecule has 0 spiro atoms. The SMILES string of the molecule is Cc1nn(C)c(C)c1CCNC(=O)N1CCn2cccc2[C@H]1C. The Bertz CT molecular complexity index is 715. The highest BCUT2D eigenvalue weighted by molar-refractivity contribution is 5.74. The summed E-state index contributed by atoms with van der Waals surface area (Å²) in [6, 6.07) is 4.26. The molecular weight excluding hydrogens is 290 g/mol. The number of hydrogen-bond acceptors (Lipinski definition) is 2. The van der Waals surface area contributed by atoms with Crippen LogP contribution in [0.3, 0.4) is 0 Å². The van der Waals surface area contributed by atoms with Crippen molar-refractivity contribution in [2.24, 2.45) is 7.05 Å². The van der Waals surface area contributed by atoms with Gasteiger partial charge in [0.25, 0.3) is 0 Å². The van der Waals surface area contributed by atoms with Gasteiger partial charge in [0.15, 0.2) is 0 Å². The zero-order chi connectivity index (χ0) is 16.6. The summed E-state index contributed by atoms with van der Waals surface area (Å²) in [5, 5.41) is 7.48. The number of aromatic nitrogens is 3. The second-order valence-electron chi connectivity index (χ2n) is 6.25. The molecule has 1 aliphatic rings. The van der Waals surface area contributed by atoms with E-state index in [1.807, 2.05) is 29.6 Å². The number of fused-ring (bicyclic) bond motifs is 1. The molecule has 0 aromatic carbocycles. The fourth-order valence-corrected chi connectivity index (χ4v) is 3.43. The minimum atomic E-state index is 0.0177. The predicted octanol–water partition coefficient (Wildman–Crippen LogP) is 2.17.